The molecule has 0 aliphatic rings. The van der Waals surface area contributed by atoms with Crippen LogP contribution in [-0.2, 0) is 13.2 Å². The average molecular weight is 398 g/mol. The minimum Gasteiger partial charge on any atom is -0.497 e. The molecular weight excluding hydrogens is 378 g/mol. The fraction of sp³-hybridized carbons (Fsp3) is 0.136. The Kier molecular flexibility index (Phi) is 6.69. The molecule has 0 saturated carbocycles. The van der Waals surface area contributed by atoms with E-state index in [2.05, 4.69) is 5.32 Å². The quantitative estimate of drug-likeness (QED) is 0.541. The highest BCUT2D eigenvalue weighted by molar-refractivity contribution is 7.80. The first-order valence-electron chi connectivity index (χ1n) is 8.53. The molecule has 27 heavy (non-hydrogen) atoms. The molecule has 0 aliphatic carbocycles. The first kappa shape index (κ1) is 19.2. The SMILES string of the molecule is COc1ccc(CNC(=S)c2cccc(OCc3ccccc3Cl)c2)cc1. The Hall–Kier alpha value is -2.56. The maximum absolute atomic E-state index is 6.17. The standard InChI is InChI=1S/C22H20ClNO2S/c1-25-19-11-9-16(10-12-19)14-24-22(27)17-6-4-7-20(13-17)26-15-18-5-2-3-8-21(18)23/h2-13H,14-15H2,1H3,(H,24,27). The highest BCUT2D eigenvalue weighted by atomic mass is 35.5. The number of hydrogen-bond acceptors (Lipinski definition) is 3. The zero-order chi connectivity index (χ0) is 19.1. The molecule has 3 aromatic carbocycles. The van der Waals surface area contributed by atoms with Gasteiger partial charge in [0, 0.05) is 22.7 Å². The summed E-state index contributed by atoms with van der Waals surface area (Å²) in [6, 6.07) is 23.3. The molecule has 3 aromatic rings. The van der Waals surface area contributed by atoms with Gasteiger partial charge < -0.3 is 14.8 Å². The zero-order valence-corrected chi connectivity index (χ0v) is 16.5. The van der Waals surface area contributed by atoms with Crippen LogP contribution >= 0.6 is 23.8 Å². The molecule has 3 rings (SSSR count). The number of halogens is 1. The summed E-state index contributed by atoms with van der Waals surface area (Å²) < 4.78 is 11.0. The predicted octanol–water partition coefficient (Wildman–Crippen LogP) is 5.39. The van der Waals surface area contributed by atoms with Crippen LogP contribution in [0.5, 0.6) is 11.5 Å². The Morgan fingerprint density at radius 1 is 0.963 bits per heavy atom. The summed E-state index contributed by atoms with van der Waals surface area (Å²) in [6.45, 7) is 1.06. The Labute approximate surface area is 169 Å². The monoisotopic (exact) mass is 397 g/mol. The number of benzene rings is 3. The van der Waals surface area contributed by atoms with Gasteiger partial charge in [0.1, 0.15) is 23.1 Å². The molecule has 0 radical (unpaired) electrons. The molecule has 0 unspecified atom stereocenters. The second-order valence-corrected chi connectivity index (χ2v) is 6.75. The zero-order valence-electron chi connectivity index (χ0n) is 14.9. The van der Waals surface area contributed by atoms with E-state index in [0.717, 1.165) is 28.2 Å². The number of thiocarbonyl (C=S) groups is 1. The minimum absolute atomic E-state index is 0.412. The second kappa shape index (κ2) is 9.40. The van der Waals surface area contributed by atoms with E-state index in [1.165, 1.54) is 0 Å². The van der Waals surface area contributed by atoms with Crippen molar-refractivity contribution in [3.63, 3.8) is 0 Å². The van der Waals surface area contributed by atoms with E-state index in [4.69, 9.17) is 33.3 Å². The summed E-state index contributed by atoms with van der Waals surface area (Å²) in [5, 5.41) is 3.98. The third kappa shape index (κ3) is 5.46. The number of rotatable bonds is 7. The lowest BCUT2D eigenvalue weighted by molar-refractivity contribution is 0.306. The summed E-state index contributed by atoms with van der Waals surface area (Å²) >= 11 is 11.7. The predicted molar refractivity (Wildman–Crippen MR) is 114 cm³/mol. The van der Waals surface area contributed by atoms with Crippen molar-refractivity contribution in [2.45, 2.75) is 13.2 Å². The molecule has 0 saturated heterocycles. The molecule has 138 valence electrons. The van der Waals surface area contributed by atoms with Gasteiger partial charge in [-0.2, -0.15) is 0 Å². The van der Waals surface area contributed by atoms with E-state index in [-0.39, 0.29) is 0 Å². The highest BCUT2D eigenvalue weighted by Crippen LogP contribution is 2.20. The lowest BCUT2D eigenvalue weighted by Gasteiger charge is -2.11. The van der Waals surface area contributed by atoms with Crippen molar-refractivity contribution in [1.82, 2.24) is 5.32 Å². The van der Waals surface area contributed by atoms with Gasteiger partial charge in [0.25, 0.3) is 0 Å². The number of ether oxygens (including phenoxy) is 2. The van der Waals surface area contributed by atoms with Crippen LogP contribution in [0.4, 0.5) is 0 Å². The van der Waals surface area contributed by atoms with Crippen molar-refractivity contribution in [3.8, 4) is 11.5 Å². The van der Waals surface area contributed by atoms with Gasteiger partial charge in [-0.25, -0.2) is 0 Å². The molecule has 0 spiro atoms. The van der Waals surface area contributed by atoms with Crippen molar-refractivity contribution in [2.75, 3.05) is 7.11 Å². The van der Waals surface area contributed by atoms with E-state index in [0.29, 0.717) is 23.2 Å². The lowest BCUT2D eigenvalue weighted by atomic mass is 10.2. The first-order valence-corrected chi connectivity index (χ1v) is 9.32. The normalized spacial score (nSPS) is 10.3. The fourth-order valence-corrected chi connectivity index (χ4v) is 2.92. The molecule has 0 bridgehead atoms. The van der Waals surface area contributed by atoms with Gasteiger partial charge in [-0.05, 0) is 35.9 Å². The fourth-order valence-electron chi connectivity index (χ4n) is 2.53. The molecule has 0 atom stereocenters. The molecule has 0 fully saturated rings. The van der Waals surface area contributed by atoms with Crippen molar-refractivity contribution >= 4 is 28.8 Å². The van der Waals surface area contributed by atoms with E-state index >= 15 is 0 Å². The topological polar surface area (TPSA) is 30.5 Å². The molecule has 3 nitrogen and oxygen atoms in total. The van der Waals surface area contributed by atoms with Gasteiger partial charge >= 0.3 is 0 Å². The smallest absolute Gasteiger partial charge is 0.120 e. The van der Waals surface area contributed by atoms with Gasteiger partial charge in [-0.1, -0.05) is 66.3 Å². The Balaban J connectivity index is 1.58. The Morgan fingerprint density at radius 2 is 1.74 bits per heavy atom. The summed E-state index contributed by atoms with van der Waals surface area (Å²) in [7, 11) is 1.66. The largest absolute Gasteiger partial charge is 0.497 e. The van der Waals surface area contributed by atoms with Crippen LogP contribution < -0.4 is 14.8 Å². The van der Waals surface area contributed by atoms with Gasteiger partial charge in [0.2, 0.25) is 0 Å². The number of hydrogen-bond donors (Lipinski definition) is 1. The maximum atomic E-state index is 6.17. The molecule has 0 aromatic heterocycles. The minimum atomic E-state index is 0.412. The summed E-state index contributed by atoms with van der Waals surface area (Å²) in [5.74, 6) is 1.59. The third-order valence-corrected chi connectivity index (χ3v) is 4.81. The summed E-state index contributed by atoms with van der Waals surface area (Å²) in [4.78, 5) is 0.675. The van der Waals surface area contributed by atoms with Gasteiger partial charge in [0.15, 0.2) is 0 Å². The van der Waals surface area contributed by atoms with Crippen molar-refractivity contribution < 1.29 is 9.47 Å². The lowest BCUT2D eigenvalue weighted by Crippen LogP contribution is -2.21. The molecule has 0 heterocycles. The van der Waals surface area contributed by atoms with Crippen LogP contribution in [0, 0.1) is 0 Å². The van der Waals surface area contributed by atoms with E-state index in [9.17, 15) is 0 Å². The summed E-state index contributed by atoms with van der Waals surface area (Å²) in [5.41, 5.74) is 2.99. The van der Waals surface area contributed by atoms with Crippen LogP contribution in [0.2, 0.25) is 5.02 Å². The Bertz CT molecular complexity index is 912. The van der Waals surface area contributed by atoms with E-state index in [1.54, 1.807) is 7.11 Å². The third-order valence-electron chi connectivity index (χ3n) is 4.06. The average Bonchev–Trinajstić information content (AvgIpc) is 2.72. The molecule has 5 heteroatoms. The van der Waals surface area contributed by atoms with Gasteiger partial charge in [-0.15, -0.1) is 0 Å². The second-order valence-electron chi connectivity index (χ2n) is 5.94. The number of nitrogens with one attached hydrogen (secondary N) is 1. The number of methoxy groups -OCH3 is 1. The molecule has 0 aliphatic heterocycles. The van der Waals surface area contributed by atoms with Crippen LogP contribution in [0.1, 0.15) is 16.7 Å². The first-order chi connectivity index (χ1) is 13.2. The van der Waals surface area contributed by atoms with Crippen molar-refractivity contribution in [3.05, 3.63) is 94.5 Å². The molecule has 1 N–H and O–H groups in total. The summed E-state index contributed by atoms with van der Waals surface area (Å²) in [6.07, 6.45) is 0. The van der Waals surface area contributed by atoms with Crippen molar-refractivity contribution in [2.24, 2.45) is 0 Å². The Morgan fingerprint density at radius 3 is 2.48 bits per heavy atom. The van der Waals surface area contributed by atoms with Crippen LogP contribution in [0.15, 0.2) is 72.8 Å². The molecule has 0 amide bonds. The van der Waals surface area contributed by atoms with E-state index < -0.39 is 0 Å². The van der Waals surface area contributed by atoms with Crippen LogP contribution in [0.3, 0.4) is 0 Å². The van der Waals surface area contributed by atoms with E-state index in [1.807, 2.05) is 72.8 Å². The van der Waals surface area contributed by atoms with Gasteiger partial charge in [-0.3, -0.25) is 0 Å². The molecular formula is C22H20ClNO2S. The van der Waals surface area contributed by atoms with Crippen molar-refractivity contribution in [1.29, 1.82) is 0 Å². The van der Waals surface area contributed by atoms with Crippen LogP contribution in [-0.4, -0.2) is 12.1 Å². The van der Waals surface area contributed by atoms with Crippen LogP contribution in [0.25, 0.3) is 0 Å². The van der Waals surface area contributed by atoms with Gasteiger partial charge in [0.05, 0.1) is 7.11 Å². The highest BCUT2D eigenvalue weighted by Gasteiger charge is 2.05. The maximum Gasteiger partial charge on any atom is 0.120 e.